The van der Waals surface area contributed by atoms with Crippen LogP contribution >= 0.6 is 0 Å². The van der Waals surface area contributed by atoms with Gasteiger partial charge in [-0.2, -0.15) is 0 Å². The van der Waals surface area contributed by atoms with E-state index in [0.29, 0.717) is 18.9 Å². The monoisotopic (exact) mass is 272 g/mol. The normalized spacial score (nSPS) is 23.8. The van der Waals surface area contributed by atoms with Crippen LogP contribution in [0.5, 0.6) is 0 Å². The first kappa shape index (κ1) is 13.6. The summed E-state index contributed by atoms with van der Waals surface area (Å²) in [5, 5.41) is 0. The Morgan fingerprint density at radius 2 is 2.05 bits per heavy atom. The molecule has 2 atom stereocenters. The maximum absolute atomic E-state index is 12.1. The van der Waals surface area contributed by atoms with Gasteiger partial charge in [-0.3, -0.25) is 4.79 Å². The summed E-state index contributed by atoms with van der Waals surface area (Å²) in [5.74, 6) is 0.591. The molecule has 0 spiro atoms. The van der Waals surface area contributed by atoms with Gasteiger partial charge in [0.05, 0.1) is 6.04 Å². The van der Waals surface area contributed by atoms with E-state index in [0.717, 1.165) is 6.54 Å². The molecular formula is C17H24N2O. The highest BCUT2D eigenvalue weighted by Crippen LogP contribution is 2.30. The predicted octanol–water partition coefficient (Wildman–Crippen LogP) is 2.43. The fraction of sp³-hybridized carbons (Fsp3) is 0.588. The van der Waals surface area contributed by atoms with Crippen molar-refractivity contribution in [3.8, 4) is 0 Å². The largest absolute Gasteiger partial charge is 0.336 e. The average molecular weight is 272 g/mol. The lowest BCUT2D eigenvalue weighted by atomic mass is 9.89. The number of likely N-dealkylation sites (tertiary alicyclic amines) is 1. The second-order valence-electron chi connectivity index (χ2n) is 6.26. The molecule has 1 aromatic carbocycles. The van der Waals surface area contributed by atoms with Gasteiger partial charge in [-0.1, -0.05) is 18.2 Å². The Hall–Kier alpha value is -1.35. The zero-order valence-electron chi connectivity index (χ0n) is 12.3. The van der Waals surface area contributed by atoms with Crippen LogP contribution in [0, 0.1) is 5.92 Å². The summed E-state index contributed by atoms with van der Waals surface area (Å²) in [6.45, 7) is 3.56. The van der Waals surface area contributed by atoms with Crippen molar-refractivity contribution in [1.29, 1.82) is 0 Å². The number of hydrogen-bond donors (Lipinski definition) is 1. The minimum atomic E-state index is 0.172. The van der Waals surface area contributed by atoms with Crippen LogP contribution in [0.1, 0.15) is 48.9 Å². The van der Waals surface area contributed by atoms with Gasteiger partial charge in [-0.05, 0) is 61.8 Å². The third kappa shape index (κ3) is 2.47. The first-order chi connectivity index (χ1) is 9.69. The van der Waals surface area contributed by atoms with Crippen molar-refractivity contribution < 1.29 is 4.79 Å². The fourth-order valence-corrected chi connectivity index (χ4v) is 3.53. The highest BCUT2D eigenvalue weighted by molar-refractivity contribution is 5.79. The molecule has 3 rings (SSSR count). The number of nitrogens with zero attached hydrogens (tertiary/aromatic N) is 1. The van der Waals surface area contributed by atoms with Crippen LogP contribution in [0.4, 0.5) is 0 Å². The van der Waals surface area contributed by atoms with Gasteiger partial charge < -0.3 is 10.6 Å². The number of aryl methyl sites for hydroxylation is 2. The molecule has 1 saturated heterocycles. The Morgan fingerprint density at radius 1 is 1.30 bits per heavy atom. The highest BCUT2D eigenvalue weighted by atomic mass is 16.2. The van der Waals surface area contributed by atoms with E-state index in [2.05, 4.69) is 25.1 Å². The van der Waals surface area contributed by atoms with Gasteiger partial charge in [-0.25, -0.2) is 0 Å². The van der Waals surface area contributed by atoms with E-state index in [9.17, 15) is 4.79 Å². The SMILES string of the molecule is CC(c1ccc2c(c1)CCCC2)N1CC(CN)CC1=O. The lowest BCUT2D eigenvalue weighted by Gasteiger charge is -2.27. The van der Waals surface area contributed by atoms with Gasteiger partial charge in [-0.15, -0.1) is 0 Å². The topological polar surface area (TPSA) is 46.3 Å². The summed E-state index contributed by atoms with van der Waals surface area (Å²) in [5.41, 5.74) is 9.97. The summed E-state index contributed by atoms with van der Waals surface area (Å²) in [4.78, 5) is 14.1. The summed E-state index contributed by atoms with van der Waals surface area (Å²) in [7, 11) is 0. The Morgan fingerprint density at radius 3 is 2.75 bits per heavy atom. The number of fused-ring (bicyclic) bond motifs is 1. The van der Waals surface area contributed by atoms with Crippen LogP contribution in [-0.2, 0) is 17.6 Å². The molecule has 3 heteroatoms. The molecule has 1 aliphatic carbocycles. The second-order valence-corrected chi connectivity index (χ2v) is 6.26. The van der Waals surface area contributed by atoms with Gasteiger partial charge in [0.2, 0.25) is 5.91 Å². The van der Waals surface area contributed by atoms with Crippen molar-refractivity contribution in [3.05, 3.63) is 34.9 Å². The molecule has 3 nitrogen and oxygen atoms in total. The van der Waals surface area contributed by atoms with Crippen molar-refractivity contribution in [2.24, 2.45) is 11.7 Å². The van der Waals surface area contributed by atoms with Crippen molar-refractivity contribution in [1.82, 2.24) is 4.90 Å². The summed E-state index contributed by atoms with van der Waals surface area (Å²) in [6, 6.07) is 6.97. The number of rotatable bonds is 3. The molecule has 1 heterocycles. The maximum Gasteiger partial charge on any atom is 0.223 e. The van der Waals surface area contributed by atoms with E-state index in [1.807, 2.05) is 4.90 Å². The van der Waals surface area contributed by atoms with Gasteiger partial charge in [0.15, 0.2) is 0 Å². The van der Waals surface area contributed by atoms with Crippen LogP contribution in [0.3, 0.4) is 0 Å². The second kappa shape index (κ2) is 5.57. The first-order valence-electron chi connectivity index (χ1n) is 7.80. The predicted molar refractivity (Wildman–Crippen MR) is 80.4 cm³/mol. The van der Waals surface area contributed by atoms with Crippen molar-refractivity contribution in [3.63, 3.8) is 0 Å². The van der Waals surface area contributed by atoms with Crippen molar-refractivity contribution in [2.75, 3.05) is 13.1 Å². The summed E-state index contributed by atoms with van der Waals surface area (Å²) < 4.78 is 0. The molecule has 20 heavy (non-hydrogen) atoms. The van der Waals surface area contributed by atoms with Gasteiger partial charge in [0.1, 0.15) is 0 Å². The molecule has 0 bridgehead atoms. The number of nitrogens with two attached hydrogens (primary N) is 1. The van der Waals surface area contributed by atoms with Crippen molar-refractivity contribution >= 4 is 5.91 Å². The van der Waals surface area contributed by atoms with Crippen LogP contribution < -0.4 is 5.73 Å². The molecule has 2 aliphatic rings. The molecule has 0 radical (unpaired) electrons. The van der Waals surface area contributed by atoms with E-state index in [1.54, 1.807) is 0 Å². The van der Waals surface area contributed by atoms with E-state index >= 15 is 0 Å². The third-order valence-corrected chi connectivity index (χ3v) is 4.89. The molecule has 0 saturated carbocycles. The molecule has 108 valence electrons. The molecule has 1 amide bonds. The molecule has 1 aromatic rings. The number of benzene rings is 1. The molecular weight excluding hydrogens is 248 g/mol. The van der Waals surface area contributed by atoms with E-state index < -0.39 is 0 Å². The lowest BCUT2D eigenvalue weighted by molar-refractivity contribution is -0.129. The molecule has 2 N–H and O–H groups in total. The average Bonchev–Trinajstić information content (AvgIpc) is 2.87. The standard InChI is InChI=1S/C17H24N2O/c1-12(19-11-13(10-18)8-17(19)20)15-7-6-14-4-2-3-5-16(14)9-15/h6-7,9,12-13H,2-5,8,10-11,18H2,1H3. The number of carbonyl (C=O) groups excluding carboxylic acids is 1. The Bertz CT molecular complexity index is 512. The van der Waals surface area contributed by atoms with Gasteiger partial charge >= 0.3 is 0 Å². The minimum absolute atomic E-state index is 0.172. The van der Waals surface area contributed by atoms with Crippen LogP contribution in [0.15, 0.2) is 18.2 Å². The lowest BCUT2D eigenvalue weighted by Crippen LogP contribution is -2.29. The zero-order chi connectivity index (χ0) is 14.1. The summed E-state index contributed by atoms with van der Waals surface area (Å²) in [6.07, 6.45) is 5.62. The first-order valence-corrected chi connectivity index (χ1v) is 7.80. The number of carbonyl (C=O) groups is 1. The summed E-state index contributed by atoms with van der Waals surface area (Å²) >= 11 is 0. The van der Waals surface area contributed by atoms with E-state index in [4.69, 9.17) is 5.73 Å². The van der Waals surface area contributed by atoms with E-state index in [-0.39, 0.29) is 11.9 Å². The van der Waals surface area contributed by atoms with Gasteiger partial charge in [0.25, 0.3) is 0 Å². The highest BCUT2D eigenvalue weighted by Gasteiger charge is 2.32. The Kier molecular flexibility index (Phi) is 3.79. The van der Waals surface area contributed by atoms with Crippen LogP contribution in [0.25, 0.3) is 0 Å². The van der Waals surface area contributed by atoms with Crippen LogP contribution in [-0.4, -0.2) is 23.9 Å². The molecule has 1 fully saturated rings. The van der Waals surface area contributed by atoms with Crippen LogP contribution in [0.2, 0.25) is 0 Å². The fourth-order valence-electron chi connectivity index (χ4n) is 3.53. The third-order valence-electron chi connectivity index (χ3n) is 4.89. The Labute approximate surface area is 121 Å². The quantitative estimate of drug-likeness (QED) is 0.918. The maximum atomic E-state index is 12.1. The minimum Gasteiger partial charge on any atom is -0.336 e. The number of amides is 1. The molecule has 0 aromatic heterocycles. The molecule has 2 unspecified atom stereocenters. The Balaban J connectivity index is 1.80. The van der Waals surface area contributed by atoms with Crippen molar-refractivity contribution in [2.45, 2.75) is 45.1 Å². The number of hydrogen-bond acceptors (Lipinski definition) is 2. The zero-order valence-corrected chi connectivity index (χ0v) is 12.3. The van der Waals surface area contributed by atoms with Gasteiger partial charge in [0, 0.05) is 13.0 Å². The van der Waals surface area contributed by atoms with E-state index in [1.165, 1.54) is 42.4 Å². The molecule has 1 aliphatic heterocycles. The smallest absolute Gasteiger partial charge is 0.223 e.